The van der Waals surface area contributed by atoms with Gasteiger partial charge in [-0.3, -0.25) is 5.84 Å². The van der Waals surface area contributed by atoms with Gasteiger partial charge < -0.3 is 4.42 Å². The van der Waals surface area contributed by atoms with Crippen LogP contribution < -0.4 is 11.3 Å². The van der Waals surface area contributed by atoms with Crippen LogP contribution in [0.2, 0.25) is 5.02 Å². The number of hydrogen-bond acceptors (Lipinski definition) is 3. The second-order valence-electron chi connectivity index (χ2n) is 3.65. The molecule has 1 heterocycles. The van der Waals surface area contributed by atoms with E-state index in [2.05, 4.69) is 5.43 Å². The highest BCUT2D eigenvalue weighted by Crippen LogP contribution is 2.25. The van der Waals surface area contributed by atoms with E-state index in [9.17, 15) is 4.39 Å². The molecule has 3 nitrogen and oxygen atoms in total. The molecule has 5 heteroatoms. The molecule has 2 rings (SSSR count). The zero-order chi connectivity index (χ0) is 12.3. The molecule has 17 heavy (non-hydrogen) atoms. The van der Waals surface area contributed by atoms with Crippen molar-refractivity contribution in [1.82, 2.24) is 5.43 Å². The van der Waals surface area contributed by atoms with E-state index in [1.807, 2.05) is 0 Å². The summed E-state index contributed by atoms with van der Waals surface area (Å²) in [4.78, 5) is 0. The van der Waals surface area contributed by atoms with Crippen LogP contribution >= 0.6 is 11.6 Å². The smallest absolute Gasteiger partial charge is 0.142 e. The maximum atomic E-state index is 13.3. The van der Waals surface area contributed by atoms with Crippen LogP contribution in [0.1, 0.15) is 17.4 Å². The summed E-state index contributed by atoms with van der Waals surface area (Å²) in [6.45, 7) is 0. The number of hydrazine groups is 1. The summed E-state index contributed by atoms with van der Waals surface area (Å²) in [5, 5.41) is 0.124. The van der Waals surface area contributed by atoms with E-state index in [-0.39, 0.29) is 11.1 Å². The van der Waals surface area contributed by atoms with Crippen molar-refractivity contribution in [3.05, 3.63) is 58.8 Å². The Morgan fingerprint density at radius 3 is 2.82 bits per heavy atom. The lowest BCUT2D eigenvalue weighted by atomic mass is 10.0. The molecule has 0 amide bonds. The number of nitrogens with two attached hydrogens (primary N) is 1. The Labute approximate surface area is 103 Å². The van der Waals surface area contributed by atoms with Gasteiger partial charge in [-0.25, -0.2) is 9.82 Å². The molecule has 0 fully saturated rings. The first-order valence-corrected chi connectivity index (χ1v) is 5.52. The van der Waals surface area contributed by atoms with Crippen LogP contribution in [0.5, 0.6) is 0 Å². The predicted molar refractivity (Wildman–Crippen MR) is 63.9 cm³/mol. The normalized spacial score (nSPS) is 12.6. The molecule has 1 aromatic carbocycles. The van der Waals surface area contributed by atoms with E-state index in [1.54, 1.807) is 30.5 Å². The van der Waals surface area contributed by atoms with Crippen molar-refractivity contribution in [2.45, 2.75) is 12.5 Å². The fourth-order valence-corrected chi connectivity index (χ4v) is 1.86. The Morgan fingerprint density at radius 1 is 1.35 bits per heavy atom. The van der Waals surface area contributed by atoms with Crippen LogP contribution in [0.4, 0.5) is 4.39 Å². The summed E-state index contributed by atoms with van der Waals surface area (Å²) < 4.78 is 18.5. The van der Waals surface area contributed by atoms with E-state index in [0.717, 1.165) is 0 Å². The Bertz CT molecular complexity index is 487. The second kappa shape index (κ2) is 5.31. The minimum Gasteiger partial charge on any atom is -0.468 e. The quantitative estimate of drug-likeness (QED) is 0.652. The highest BCUT2D eigenvalue weighted by Gasteiger charge is 2.16. The van der Waals surface area contributed by atoms with Gasteiger partial charge in [0.1, 0.15) is 11.6 Å². The van der Waals surface area contributed by atoms with Crippen LogP contribution in [0, 0.1) is 5.82 Å². The first-order chi connectivity index (χ1) is 8.22. The number of halogens is 2. The largest absolute Gasteiger partial charge is 0.468 e. The van der Waals surface area contributed by atoms with Gasteiger partial charge in [0.15, 0.2) is 0 Å². The number of nitrogens with one attached hydrogen (secondary N) is 1. The maximum Gasteiger partial charge on any atom is 0.142 e. The lowest BCUT2D eigenvalue weighted by Crippen LogP contribution is -2.29. The van der Waals surface area contributed by atoms with Crippen molar-refractivity contribution in [3.63, 3.8) is 0 Å². The van der Waals surface area contributed by atoms with Gasteiger partial charge >= 0.3 is 0 Å². The summed E-state index contributed by atoms with van der Waals surface area (Å²) in [5.41, 5.74) is 3.31. The number of rotatable bonds is 4. The molecule has 0 aliphatic heterocycles. The fourth-order valence-electron chi connectivity index (χ4n) is 1.66. The Morgan fingerprint density at radius 2 is 2.18 bits per heavy atom. The van der Waals surface area contributed by atoms with Crippen LogP contribution in [-0.2, 0) is 6.42 Å². The first kappa shape index (κ1) is 12.1. The molecular formula is C12H12ClFN2O. The third kappa shape index (κ3) is 2.66. The molecule has 0 spiro atoms. The van der Waals surface area contributed by atoms with E-state index in [0.29, 0.717) is 17.7 Å². The van der Waals surface area contributed by atoms with Crippen molar-refractivity contribution >= 4 is 11.6 Å². The second-order valence-corrected chi connectivity index (χ2v) is 4.03. The summed E-state index contributed by atoms with van der Waals surface area (Å²) in [6.07, 6.45) is 2.02. The molecule has 0 bridgehead atoms. The molecule has 90 valence electrons. The third-order valence-corrected chi connectivity index (χ3v) is 2.97. The van der Waals surface area contributed by atoms with Gasteiger partial charge in [0.25, 0.3) is 0 Å². The zero-order valence-corrected chi connectivity index (χ0v) is 9.75. The van der Waals surface area contributed by atoms with Crippen LogP contribution in [0.3, 0.4) is 0 Å². The van der Waals surface area contributed by atoms with Gasteiger partial charge in [0.2, 0.25) is 0 Å². The highest BCUT2D eigenvalue weighted by molar-refractivity contribution is 6.31. The lowest BCUT2D eigenvalue weighted by Gasteiger charge is -2.14. The van der Waals surface area contributed by atoms with E-state index >= 15 is 0 Å². The molecular weight excluding hydrogens is 243 g/mol. The molecule has 1 aromatic heterocycles. The summed E-state index contributed by atoms with van der Waals surface area (Å²) in [5.74, 6) is 5.71. The van der Waals surface area contributed by atoms with Gasteiger partial charge in [0, 0.05) is 0 Å². The molecule has 0 saturated heterocycles. The van der Waals surface area contributed by atoms with Crippen LogP contribution in [0.25, 0.3) is 0 Å². The lowest BCUT2D eigenvalue weighted by molar-refractivity contribution is 0.415. The number of furan rings is 1. The summed E-state index contributed by atoms with van der Waals surface area (Å²) in [7, 11) is 0. The number of benzene rings is 1. The number of hydrogen-bond donors (Lipinski definition) is 2. The Hall–Kier alpha value is -1.36. The summed E-state index contributed by atoms with van der Waals surface area (Å²) >= 11 is 5.88. The molecule has 1 atom stereocenters. The van der Waals surface area contributed by atoms with E-state index < -0.39 is 5.82 Å². The Kier molecular flexibility index (Phi) is 3.78. The van der Waals surface area contributed by atoms with Crippen LogP contribution in [-0.4, -0.2) is 0 Å². The molecule has 0 radical (unpaired) electrons. The SMILES string of the molecule is NNC(Cc1cccc(F)c1Cl)c1ccco1. The average Bonchev–Trinajstić information content (AvgIpc) is 2.85. The topological polar surface area (TPSA) is 51.2 Å². The molecule has 0 saturated carbocycles. The van der Waals surface area contributed by atoms with Crippen molar-refractivity contribution in [3.8, 4) is 0 Å². The maximum absolute atomic E-state index is 13.3. The van der Waals surface area contributed by atoms with Crippen molar-refractivity contribution in [1.29, 1.82) is 0 Å². The highest BCUT2D eigenvalue weighted by atomic mass is 35.5. The van der Waals surface area contributed by atoms with Gasteiger partial charge in [-0.15, -0.1) is 0 Å². The van der Waals surface area contributed by atoms with E-state index in [1.165, 1.54) is 6.07 Å². The fraction of sp³-hybridized carbons (Fsp3) is 0.167. The van der Waals surface area contributed by atoms with Crippen molar-refractivity contribution in [2.24, 2.45) is 5.84 Å². The minimum absolute atomic E-state index is 0.124. The molecule has 2 aromatic rings. The van der Waals surface area contributed by atoms with Gasteiger partial charge in [-0.05, 0) is 30.2 Å². The Balaban J connectivity index is 2.22. The van der Waals surface area contributed by atoms with Crippen LogP contribution in [0.15, 0.2) is 41.0 Å². The van der Waals surface area contributed by atoms with Gasteiger partial charge in [0.05, 0.1) is 17.3 Å². The van der Waals surface area contributed by atoms with Crippen molar-refractivity contribution in [2.75, 3.05) is 0 Å². The van der Waals surface area contributed by atoms with E-state index in [4.69, 9.17) is 21.9 Å². The molecule has 1 unspecified atom stereocenters. The van der Waals surface area contributed by atoms with Gasteiger partial charge in [-0.2, -0.15) is 0 Å². The molecule has 3 N–H and O–H groups in total. The standard InChI is InChI=1S/C12H12ClFN2O/c13-12-8(3-1-4-9(12)14)7-10(16-15)11-5-2-6-17-11/h1-6,10,16H,7,15H2. The zero-order valence-electron chi connectivity index (χ0n) is 8.99. The average molecular weight is 255 g/mol. The minimum atomic E-state index is -0.431. The third-order valence-electron chi connectivity index (χ3n) is 2.54. The monoisotopic (exact) mass is 254 g/mol. The molecule has 0 aliphatic carbocycles. The predicted octanol–water partition coefficient (Wildman–Crippen LogP) is 2.82. The summed E-state index contributed by atoms with van der Waals surface area (Å²) in [6, 6.07) is 8.04. The first-order valence-electron chi connectivity index (χ1n) is 5.14. The molecule has 0 aliphatic rings. The van der Waals surface area contributed by atoms with Crippen molar-refractivity contribution < 1.29 is 8.81 Å². The van der Waals surface area contributed by atoms with Gasteiger partial charge in [-0.1, -0.05) is 23.7 Å².